The SMILES string of the molecule is O=C(O)C(c1cccc2ccccc12)C(C(O)=S)(c1nc2cccc(Cc3ccccc3)c2s1)c1cccc2ccccc12. The van der Waals surface area contributed by atoms with Crippen LogP contribution in [-0.4, -0.2) is 26.2 Å². The molecule has 0 saturated heterocycles. The van der Waals surface area contributed by atoms with Gasteiger partial charge >= 0.3 is 5.97 Å². The first kappa shape index (κ1) is 27.9. The van der Waals surface area contributed by atoms with Gasteiger partial charge in [0, 0.05) is 0 Å². The van der Waals surface area contributed by atoms with Crippen LogP contribution >= 0.6 is 23.6 Å². The van der Waals surface area contributed by atoms with E-state index in [-0.39, 0.29) is 0 Å². The highest BCUT2D eigenvalue weighted by molar-refractivity contribution is 7.80. The van der Waals surface area contributed by atoms with Crippen LogP contribution in [0.1, 0.15) is 33.2 Å². The van der Waals surface area contributed by atoms with Crippen LogP contribution in [0.3, 0.4) is 0 Å². The largest absolute Gasteiger partial charge is 0.501 e. The zero-order valence-electron chi connectivity index (χ0n) is 23.6. The lowest BCUT2D eigenvalue weighted by Gasteiger charge is -2.37. The van der Waals surface area contributed by atoms with Gasteiger partial charge in [0.2, 0.25) is 0 Å². The van der Waals surface area contributed by atoms with Crippen molar-refractivity contribution in [3.8, 4) is 0 Å². The molecule has 0 fully saturated rings. The Morgan fingerprint density at radius 3 is 2.07 bits per heavy atom. The summed E-state index contributed by atoms with van der Waals surface area (Å²) in [4.78, 5) is 18.8. The molecule has 7 rings (SSSR count). The summed E-state index contributed by atoms with van der Waals surface area (Å²) in [5.41, 5.74) is 2.45. The molecule has 0 amide bonds. The zero-order chi connectivity index (χ0) is 30.3. The van der Waals surface area contributed by atoms with E-state index < -0.39 is 22.4 Å². The molecule has 0 bridgehead atoms. The van der Waals surface area contributed by atoms with Crippen LogP contribution in [0.4, 0.5) is 0 Å². The maximum Gasteiger partial charge on any atom is 0.312 e. The van der Waals surface area contributed by atoms with E-state index in [1.807, 2.05) is 115 Å². The fourth-order valence-corrected chi connectivity index (χ4v) is 8.18. The molecule has 1 aromatic heterocycles. The van der Waals surface area contributed by atoms with Crippen molar-refractivity contribution in [2.24, 2.45) is 0 Å². The number of thiocarbonyl (C=S) groups is 1. The number of hydrogen-bond acceptors (Lipinski definition) is 4. The number of carboxylic acid groups (broad SMARTS) is 1. The molecule has 6 heteroatoms. The van der Waals surface area contributed by atoms with Crippen LogP contribution in [0.5, 0.6) is 0 Å². The standard InChI is InChI=1S/C38H27NO3S2/c40-35(41)33(30-20-8-15-25-13-4-6-18-28(25)30)38(37(42)43,31-21-9-16-26-14-5-7-19-29(26)31)36-39-32-22-10-17-27(34(32)44-36)23-24-11-2-1-3-12-24/h1-22,33H,23H2,(H,40,41)(H,42,43). The Morgan fingerprint density at radius 2 is 1.34 bits per heavy atom. The smallest absolute Gasteiger partial charge is 0.312 e. The van der Waals surface area contributed by atoms with E-state index in [2.05, 4.69) is 18.2 Å². The average Bonchev–Trinajstić information content (AvgIpc) is 3.49. The quantitative estimate of drug-likeness (QED) is 0.168. The van der Waals surface area contributed by atoms with Gasteiger partial charge in [-0.2, -0.15) is 0 Å². The molecule has 0 saturated carbocycles. The van der Waals surface area contributed by atoms with Crippen molar-refractivity contribution in [3.63, 3.8) is 0 Å². The summed E-state index contributed by atoms with van der Waals surface area (Å²) >= 11 is 7.18. The molecule has 0 aliphatic heterocycles. The summed E-state index contributed by atoms with van der Waals surface area (Å²) < 4.78 is 0.939. The van der Waals surface area contributed by atoms with Gasteiger partial charge in [0.15, 0.2) is 5.05 Å². The zero-order valence-corrected chi connectivity index (χ0v) is 25.2. The minimum Gasteiger partial charge on any atom is -0.501 e. The van der Waals surface area contributed by atoms with Crippen LogP contribution < -0.4 is 0 Å². The number of carbonyl (C=O) groups is 1. The molecule has 1 heterocycles. The molecule has 2 atom stereocenters. The van der Waals surface area contributed by atoms with Gasteiger partial charge in [-0.25, -0.2) is 4.98 Å². The van der Waals surface area contributed by atoms with E-state index in [0.29, 0.717) is 22.6 Å². The lowest BCUT2D eigenvalue weighted by molar-refractivity contribution is -0.139. The molecule has 7 aromatic rings. The second-order valence-electron chi connectivity index (χ2n) is 10.9. The number of thiazole rings is 1. The number of aromatic nitrogens is 1. The van der Waals surface area contributed by atoms with E-state index in [4.69, 9.17) is 17.2 Å². The van der Waals surface area contributed by atoms with Crippen molar-refractivity contribution in [2.45, 2.75) is 17.8 Å². The lowest BCUT2D eigenvalue weighted by Crippen LogP contribution is -2.45. The van der Waals surface area contributed by atoms with Crippen LogP contribution in [0.25, 0.3) is 31.8 Å². The maximum absolute atomic E-state index is 13.7. The number of rotatable bonds is 8. The first-order chi connectivity index (χ1) is 21.5. The van der Waals surface area contributed by atoms with Crippen LogP contribution in [0, 0.1) is 0 Å². The lowest BCUT2D eigenvalue weighted by atomic mass is 9.66. The third kappa shape index (κ3) is 4.55. The van der Waals surface area contributed by atoms with E-state index >= 15 is 0 Å². The summed E-state index contributed by atoms with van der Waals surface area (Å²) in [5.74, 6) is -2.38. The highest BCUT2D eigenvalue weighted by Gasteiger charge is 2.54. The van der Waals surface area contributed by atoms with Gasteiger partial charge in [0.1, 0.15) is 16.3 Å². The first-order valence-corrected chi connectivity index (χ1v) is 15.6. The Morgan fingerprint density at radius 1 is 0.727 bits per heavy atom. The van der Waals surface area contributed by atoms with E-state index in [1.54, 1.807) is 0 Å². The van der Waals surface area contributed by atoms with Crippen LogP contribution in [-0.2, 0) is 16.6 Å². The minimum absolute atomic E-state index is 0.433. The van der Waals surface area contributed by atoms with Crippen molar-refractivity contribution in [1.29, 1.82) is 0 Å². The monoisotopic (exact) mass is 609 g/mol. The fraction of sp³-hybridized carbons (Fsp3) is 0.0789. The third-order valence-corrected chi connectivity index (χ3v) is 10.0. The molecule has 0 radical (unpaired) electrons. The summed E-state index contributed by atoms with van der Waals surface area (Å²) in [7, 11) is 0. The second-order valence-corrected chi connectivity index (χ2v) is 12.3. The molecule has 0 spiro atoms. The highest BCUT2D eigenvalue weighted by atomic mass is 32.1. The molecular formula is C38H27NO3S2. The Kier molecular flexibility index (Phi) is 7.17. The number of nitrogens with zero attached hydrogens (tertiary/aromatic N) is 1. The Balaban J connectivity index is 1.58. The highest BCUT2D eigenvalue weighted by Crippen LogP contribution is 2.51. The van der Waals surface area contributed by atoms with Crippen molar-refractivity contribution >= 4 is 66.3 Å². The van der Waals surface area contributed by atoms with Gasteiger partial charge in [0.05, 0.1) is 10.2 Å². The van der Waals surface area contributed by atoms with Crippen molar-refractivity contribution in [2.75, 3.05) is 0 Å². The minimum atomic E-state index is -1.68. The van der Waals surface area contributed by atoms with Crippen molar-refractivity contribution < 1.29 is 15.0 Å². The number of carboxylic acids is 1. The number of aliphatic carboxylic acids is 1. The molecular weight excluding hydrogens is 583 g/mol. The van der Waals surface area contributed by atoms with Crippen LogP contribution in [0.15, 0.2) is 133 Å². The molecule has 2 N–H and O–H groups in total. The molecule has 6 aromatic carbocycles. The fourth-order valence-electron chi connectivity index (χ4n) is 6.48. The number of hydrogen-bond donors (Lipinski definition) is 2. The molecule has 4 nitrogen and oxygen atoms in total. The van der Waals surface area contributed by atoms with Gasteiger partial charge in [-0.3, -0.25) is 4.79 Å². The predicted octanol–water partition coefficient (Wildman–Crippen LogP) is 9.23. The number of aliphatic hydroxyl groups excluding tert-OH is 1. The van der Waals surface area contributed by atoms with E-state index in [9.17, 15) is 15.0 Å². The molecule has 0 aliphatic carbocycles. The predicted molar refractivity (Wildman–Crippen MR) is 183 cm³/mol. The Labute approximate surface area is 263 Å². The van der Waals surface area contributed by atoms with E-state index in [0.717, 1.165) is 42.9 Å². The van der Waals surface area contributed by atoms with Crippen LogP contribution in [0.2, 0.25) is 0 Å². The number of benzene rings is 6. The third-order valence-electron chi connectivity index (χ3n) is 8.44. The summed E-state index contributed by atoms with van der Waals surface area (Å²) in [6.07, 6.45) is 0.691. The Bertz CT molecular complexity index is 2180. The normalized spacial score (nSPS) is 13.5. The maximum atomic E-state index is 13.7. The summed E-state index contributed by atoms with van der Waals surface area (Å²) in [6.45, 7) is 0. The Hall–Kier alpha value is -4.91. The van der Waals surface area contributed by atoms with Crippen molar-refractivity contribution in [3.05, 3.63) is 161 Å². The summed E-state index contributed by atoms with van der Waals surface area (Å²) in [6, 6.07) is 43.1. The van der Waals surface area contributed by atoms with Gasteiger partial charge in [-0.05, 0) is 68.5 Å². The average molecular weight is 610 g/mol. The van der Waals surface area contributed by atoms with Gasteiger partial charge < -0.3 is 10.2 Å². The molecule has 2 unspecified atom stereocenters. The summed E-state index contributed by atoms with van der Waals surface area (Å²) in [5, 5.41) is 26.5. The second kappa shape index (κ2) is 11.3. The van der Waals surface area contributed by atoms with Crippen molar-refractivity contribution in [1.82, 2.24) is 4.98 Å². The van der Waals surface area contributed by atoms with Gasteiger partial charge in [0.25, 0.3) is 0 Å². The van der Waals surface area contributed by atoms with Gasteiger partial charge in [-0.15, -0.1) is 11.3 Å². The molecule has 44 heavy (non-hydrogen) atoms. The number of aliphatic hydroxyl groups is 1. The molecule has 214 valence electrons. The number of fused-ring (bicyclic) bond motifs is 3. The van der Waals surface area contributed by atoms with E-state index in [1.165, 1.54) is 11.3 Å². The topological polar surface area (TPSA) is 70.4 Å². The molecule has 0 aliphatic rings. The van der Waals surface area contributed by atoms with Gasteiger partial charge in [-0.1, -0.05) is 127 Å². The first-order valence-electron chi connectivity index (χ1n) is 14.3.